The summed E-state index contributed by atoms with van der Waals surface area (Å²) in [7, 11) is 10.2. The van der Waals surface area contributed by atoms with E-state index in [4.69, 9.17) is 5.11 Å². The van der Waals surface area contributed by atoms with Gasteiger partial charge in [-0.3, -0.25) is 38.4 Å². The lowest BCUT2D eigenvalue weighted by molar-refractivity contribution is -0.146. The molecule has 1 saturated carbocycles. The first-order chi connectivity index (χ1) is 32.7. The fourth-order valence-corrected chi connectivity index (χ4v) is 22.6. The number of hydrogen-bond donors (Lipinski definition) is 6. The molecule has 2 heterocycles. The van der Waals surface area contributed by atoms with Crippen LogP contribution in [-0.4, -0.2) is 88.1 Å². The molecule has 6 N–H and O–H groups in total. The van der Waals surface area contributed by atoms with Crippen LogP contribution in [0.5, 0.6) is 0 Å². The zero-order valence-corrected chi connectivity index (χ0v) is 44.7. The van der Waals surface area contributed by atoms with Crippen LogP contribution < -0.4 is 10.6 Å². The average Bonchev–Trinajstić information content (AvgIpc) is 4.07. The maximum atomic E-state index is 13.2. The Labute approximate surface area is 429 Å². The Balaban J connectivity index is 0.0000163. The number of carboxylic acids is 4. The summed E-state index contributed by atoms with van der Waals surface area (Å²) < 4.78 is 0.0421. The summed E-state index contributed by atoms with van der Waals surface area (Å²) in [6, 6.07) is 0. The van der Waals surface area contributed by atoms with Gasteiger partial charge in [0.15, 0.2) is 2.74 Å². The molecule has 0 radical (unpaired) electrons. The third kappa shape index (κ3) is 27.2. The first-order valence-corrected chi connectivity index (χ1v) is 31.8. The summed E-state index contributed by atoms with van der Waals surface area (Å²) >= 11 is 0. The number of carboxylic acid groups (broad SMARTS) is 4. The number of hydrogen-bond acceptors (Lipinski definition) is 14. The number of unbranched alkanes of at least 4 members (excludes halogenated alkanes) is 16. The molecule has 2 saturated heterocycles. The molecule has 3 fully saturated rings. The second-order valence-corrected chi connectivity index (χ2v) is 28.3. The Morgan fingerprint density at radius 3 is 1.49 bits per heavy atom. The largest absolute Gasteiger partial charge is 0.481 e. The Morgan fingerprint density at radius 1 is 0.500 bits per heavy atom. The molecule has 0 aromatic rings. The molecule has 1 spiro atoms. The predicted octanol–water partition coefficient (Wildman–Crippen LogP) is 12.2. The highest BCUT2D eigenvalue weighted by atomic mass is 33.2. The van der Waals surface area contributed by atoms with Crippen molar-refractivity contribution in [2.45, 2.75) is 206 Å². The van der Waals surface area contributed by atoms with E-state index in [1.165, 1.54) is 64.2 Å². The molecule has 3 atom stereocenters. The van der Waals surface area contributed by atoms with E-state index in [1.54, 1.807) is 64.8 Å². The lowest BCUT2D eigenvalue weighted by Crippen LogP contribution is -2.33. The number of amides is 2. The Hall–Kier alpha value is -1.74. The number of ketones is 2. The molecule has 0 unspecified atom stereocenters. The van der Waals surface area contributed by atoms with Crippen molar-refractivity contribution in [1.82, 2.24) is 10.6 Å². The monoisotopic (exact) mass is 1070 g/mol. The van der Waals surface area contributed by atoms with Crippen LogP contribution in [0.3, 0.4) is 0 Å². The van der Waals surface area contributed by atoms with Gasteiger partial charge in [-0.2, -0.15) is 0 Å². The normalized spacial score (nSPS) is 19.1. The van der Waals surface area contributed by atoms with Gasteiger partial charge in [0, 0.05) is 59.0 Å². The Morgan fingerprint density at radius 2 is 0.985 bits per heavy atom. The van der Waals surface area contributed by atoms with Crippen LogP contribution in [0.4, 0.5) is 0 Å². The smallest absolute Gasteiger partial charge is 0.308 e. The molecule has 14 nitrogen and oxygen atoms in total. The van der Waals surface area contributed by atoms with Crippen LogP contribution in [0.1, 0.15) is 200 Å². The molecule has 68 heavy (non-hydrogen) atoms. The number of rotatable bonds is 41. The van der Waals surface area contributed by atoms with Gasteiger partial charge in [-0.25, -0.2) is 0 Å². The lowest BCUT2D eigenvalue weighted by Gasteiger charge is -2.28. The van der Waals surface area contributed by atoms with Crippen LogP contribution in [0.15, 0.2) is 0 Å². The minimum absolute atomic E-state index is 0. The minimum Gasteiger partial charge on any atom is -0.481 e. The van der Waals surface area contributed by atoms with Crippen molar-refractivity contribution in [1.29, 1.82) is 0 Å². The summed E-state index contributed by atoms with van der Waals surface area (Å²) in [5.41, 5.74) is 0. The molecule has 1 aliphatic carbocycles. The Kier molecular flexibility index (Phi) is 31.5. The average molecular weight is 1070 g/mol. The highest BCUT2D eigenvalue weighted by Gasteiger charge is 2.53. The van der Waals surface area contributed by atoms with Crippen molar-refractivity contribution in [2.24, 2.45) is 29.6 Å². The molecular formula is C48H80N2O12S6. The van der Waals surface area contributed by atoms with Gasteiger partial charge < -0.3 is 31.1 Å². The minimum atomic E-state index is -1.21. The summed E-state index contributed by atoms with van der Waals surface area (Å²) in [6.07, 6.45) is 23.0. The maximum Gasteiger partial charge on any atom is 0.308 e. The van der Waals surface area contributed by atoms with Gasteiger partial charge in [0.25, 0.3) is 0 Å². The number of carbonyl (C=O) groups excluding carboxylic acids is 4. The first-order valence-electron chi connectivity index (χ1n) is 25.2. The molecule has 0 aromatic carbocycles. The van der Waals surface area contributed by atoms with Crippen LogP contribution in [-0.2, 0) is 38.4 Å². The third-order valence-electron chi connectivity index (χ3n) is 13.2. The van der Waals surface area contributed by atoms with E-state index in [2.05, 4.69) is 10.6 Å². The maximum absolute atomic E-state index is 13.2. The second-order valence-electron chi connectivity index (χ2n) is 18.8. The molecule has 390 valence electrons. The van der Waals surface area contributed by atoms with Crippen molar-refractivity contribution in [2.75, 3.05) is 13.1 Å². The zero-order valence-electron chi connectivity index (χ0n) is 39.8. The molecule has 0 bridgehead atoms. The van der Waals surface area contributed by atoms with Gasteiger partial charge in [0.05, 0.1) is 22.3 Å². The molecule has 2 amide bonds. The van der Waals surface area contributed by atoms with E-state index in [-0.39, 0.29) is 83.1 Å². The zero-order chi connectivity index (χ0) is 49.6. The number of carbonyl (C=O) groups is 8. The van der Waals surface area contributed by atoms with Crippen LogP contribution in [0.25, 0.3) is 0 Å². The number of aliphatic carboxylic acids is 4. The van der Waals surface area contributed by atoms with Gasteiger partial charge in [0.2, 0.25) is 11.8 Å². The van der Waals surface area contributed by atoms with E-state index in [0.29, 0.717) is 51.6 Å². The van der Waals surface area contributed by atoms with Gasteiger partial charge in [-0.05, 0) is 91.7 Å². The summed E-state index contributed by atoms with van der Waals surface area (Å²) in [6.45, 7) is 0.902. The van der Waals surface area contributed by atoms with E-state index >= 15 is 0 Å². The SMILES string of the molecule is O=C(O)CCCCCCCCCCCCCCCCCCC(=O)NCC1CCC(C(=O)C[C@@H](CCC(=O)C[C@@H](CCC(=O)NCCCC[C@@H](C(=O)O)C2SSC3(SS2)SS3)C(=O)O)C(=O)O)CC1.[HH]. The molecule has 0 aromatic heterocycles. The van der Waals surface area contributed by atoms with Crippen molar-refractivity contribution in [3.63, 3.8) is 0 Å². The highest BCUT2D eigenvalue weighted by molar-refractivity contribution is 9.14. The number of Topliss-reactive ketones (excluding diaryl/α,β-unsaturated/α-hetero) is 2. The van der Waals surface area contributed by atoms with E-state index < -0.39 is 47.4 Å². The van der Waals surface area contributed by atoms with E-state index in [0.717, 1.165) is 51.4 Å². The molecular weight excluding hydrogens is 989 g/mol. The van der Waals surface area contributed by atoms with Gasteiger partial charge in [-0.15, -0.1) is 0 Å². The van der Waals surface area contributed by atoms with E-state index in [1.807, 2.05) is 0 Å². The van der Waals surface area contributed by atoms with Gasteiger partial charge in [0.1, 0.15) is 11.6 Å². The molecule has 3 aliphatic rings. The quantitative estimate of drug-likeness (QED) is 0.0189. The fourth-order valence-electron chi connectivity index (χ4n) is 8.77. The van der Waals surface area contributed by atoms with Gasteiger partial charge in [-0.1, -0.05) is 139 Å². The van der Waals surface area contributed by atoms with Crippen molar-refractivity contribution in [3.8, 4) is 0 Å². The Bertz CT molecular complexity index is 1580. The highest BCUT2D eigenvalue weighted by Crippen LogP contribution is 2.84. The summed E-state index contributed by atoms with van der Waals surface area (Å²) in [4.78, 5) is 97.5. The molecule has 20 heteroatoms. The van der Waals surface area contributed by atoms with Crippen LogP contribution in [0.2, 0.25) is 0 Å². The topological polar surface area (TPSA) is 242 Å². The third-order valence-corrected chi connectivity index (χ3v) is 27.0. The standard InChI is InChI=1S/C48H78N2O12S6.H2/c51-38(31-36(44(57)58)27-29-42(54)49-30-18-17-19-39(46(61)62)47-63-65-48(66-64-47)67-68-48)28-26-37(45(59)60)32-40(52)35-24-22-34(23-25-35)33-50-41(53)20-15-13-11-9-7-5-3-1-2-4-6-8-10-12-14-16-21-43(55)56;/h34-37,39,47H,1-33H2,(H,49,54)(H,50,53)(H,55,56)(H,57,58)(H,59,60)(H,61,62);1H/t34?,35?,36-,37-,39+;/m1./s1. The van der Waals surface area contributed by atoms with Gasteiger partial charge >= 0.3 is 23.9 Å². The van der Waals surface area contributed by atoms with Crippen molar-refractivity contribution in [3.05, 3.63) is 0 Å². The first kappa shape index (κ1) is 60.6. The summed E-state index contributed by atoms with van der Waals surface area (Å²) in [5, 5.41) is 43.9. The number of nitrogens with one attached hydrogen (secondary N) is 2. The molecule has 2 aliphatic heterocycles. The van der Waals surface area contributed by atoms with Crippen LogP contribution in [0, 0.1) is 29.6 Å². The van der Waals surface area contributed by atoms with E-state index in [9.17, 15) is 53.7 Å². The lowest BCUT2D eigenvalue weighted by atomic mass is 9.78. The van der Waals surface area contributed by atoms with Crippen molar-refractivity contribution >= 4 is 112 Å². The molecule has 3 rings (SSSR count). The predicted molar refractivity (Wildman–Crippen MR) is 281 cm³/mol. The van der Waals surface area contributed by atoms with Crippen molar-refractivity contribution < 1.29 is 60.2 Å². The summed E-state index contributed by atoms with van der Waals surface area (Å²) in [5.74, 6) is -7.42. The fraction of sp³-hybridized carbons (Fsp3) is 0.833. The second kappa shape index (κ2) is 35.4. The van der Waals surface area contributed by atoms with Crippen LogP contribution >= 0.6 is 64.8 Å².